The van der Waals surface area contributed by atoms with E-state index in [1.807, 2.05) is 50.8 Å². The Morgan fingerprint density at radius 1 is 1.10 bits per heavy atom. The van der Waals surface area contributed by atoms with Crippen molar-refractivity contribution in [2.75, 3.05) is 32.9 Å². The normalized spacial score (nSPS) is 10.4. The Labute approximate surface area is 191 Å². The highest BCUT2D eigenvalue weighted by Gasteiger charge is 2.11. The van der Waals surface area contributed by atoms with E-state index < -0.39 is 0 Å². The Bertz CT molecular complexity index is 864. The number of nitrogens with two attached hydrogens (primary N) is 1. The van der Waals surface area contributed by atoms with Gasteiger partial charge in [-0.3, -0.25) is 0 Å². The van der Waals surface area contributed by atoms with Gasteiger partial charge in [0.2, 0.25) is 0 Å². The van der Waals surface area contributed by atoms with Crippen LogP contribution in [-0.2, 0) is 6.42 Å². The second-order valence-corrected chi connectivity index (χ2v) is 7.70. The highest BCUT2D eigenvalue weighted by atomic mass is 35.5. The minimum atomic E-state index is 0.643. The van der Waals surface area contributed by atoms with Crippen LogP contribution in [0.4, 0.5) is 11.4 Å². The van der Waals surface area contributed by atoms with Crippen LogP contribution >= 0.6 is 23.2 Å². The van der Waals surface area contributed by atoms with Gasteiger partial charge < -0.3 is 15.5 Å². The molecule has 0 aliphatic heterocycles. The van der Waals surface area contributed by atoms with Gasteiger partial charge in [-0.05, 0) is 48.7 Å². The molecule has 2 aromatic rings. The molecule has 2 aromatic carbocycles. The summed E-state index contributed by atoms with van der Waals surface area (Å²) >= 11 is 12.3. The molecule has 0 aromatic heterocycles. The summed E-state index contributed by atoms with van der Waals surface area (Å²) < 4.78 is 0. The van der Waals surface area contributed by atoms with Gasteiger partial charge in [0.05, 0.1) is 12.0 Å². The highest BCUT2D eigenvalue weighted by Crippen LogP contribution is 2.30. The molecule has 0 saturated carbocycles. The van der Waals surface area contributed by atoms with Crippen LogP contribution in [0.25, 0.3) is 5.70 Å². The van der Waals surface area contributed by atoms with Crippen LogP contribution in [0.2, 0.25) is 10.0 Å². The third-order valence-electron chi connectivity index (χ3n) is 4.50. The fourth-order valence-electron chi connectivity index (χ4n) is 2.82. The van der Waals surface area contributed by atoms with Crippen molar-refractivity contribution in [1.29, 1.82) is 0 Å². The van der Waals surface area contributed by atoms with Crippen LogP contribution in [0.1, 0.15) is 24.5 Å². The van der Waals surface area contributed by atoms with Gasteiger partial charge in [-0.1, -0.05) is 42.8 Å². The van der Waals surface area contributed by atoms with Crippen molar-refractivity contribution < 1.29 is 0 Å². The molecule has 0 amide bonds. The fraction of sp³-hybridized carbons (Fsp3) is 0.292. The van der Waals surface area contributed by atoms with Gasteiger partial charge in [-0.15, -0.1) is 13.2 Å². The van der Waals surface area contributed by atoms with E-state index in [9.17, 15) is 0 Å². The molecule has 0 aliphatic rings. The third-order valence-corrected chi connectivity index (χ3v) is 5.08. The number of benzene rings is 2. The average molecular weight is 447 g/mol. The summed E-state index contributed by atoms with van der Waals surface area (Å²) in [5, 5.41) is 1.33. The van der Waals surface area contributed by atoms with Crippen molar-refractivity contribution >= 4 is 46.6 Å². The van der Waals surface area contributed by atoms with E-state index in [4.69, 9.17) is 28.9 Å². The maximum atomic E-state index is 6.29. The predicted octanol–water partition coefficient (Wildman–Crippen LogP) is 6.52. The molecule has 0 atom stereocenters. The highest BCUT2D eigenvalue weighted by molar-refractivity contribution is 6.35. The van der Waals surface area contributed by atoms with Crippen molar-refractivity contribution in [1.82, 2.24) is 9.80 Å². The van der Waals surface area contributed by atoms with Crippen LogP contribution in [0, 0.1) is 0 Å². The number of hydrogen-bond donors (Lipinski definition) is 1. The van der Waals surface area contributed by atoms with E-state index in [1.54, 1.807) is 6.07 Å². The van der Waals surface area contributed by atoms with Crippen molar-refractivity contribution in [3.63, 3.8) is 0 Å². The summed E-state index contributed by atoms with van der Waals surface area (Å²) in [6.07, 6.45) is 3.69. The fourth-order valence-corrected chi connectivity index (χ4v) is 3.33. The lowest BCUT2D eigenvalue weighted by molar-refractivity contribution is 0.485. The molecule has 0 saturated heterocycles. The zero-order valence-electron chi connectivity index (χ0n) is 18.2. The molecule has 0 aliphatic carbocycles. The van der Waals surface area contributed by atoms with Crippen LogP contribution < -0.4 is 5.73 Å². The minimum absolute atomic E-state index is 0.643. The molecule has 0 bridgehead atoms. The first-order valence-electron chi connectivity index (χ1n) is 9.80. The molecule has 0 radical (unpaired) electrons. The van der Waals surface area contributed by atoms with Gasteiger partial charge >= 0.3 is 0 Å². The van der Waals surface area contributed by atoms with E-state index in [0.717, 1.165) is 48.4 Å². The van der Waals surface area contributed by atoms with E-state index in [0.29, 0.717) is 15.7 Å². The second kappa shape index (κ2) is 13.0. The van der Waals surface area contributed by atoms with E-state index in [2.05, 4.69) is 41.5 Å². The Morgan fingerprint density at radius 3 is 2.43 bits per heavy atom. The molecule has 0 spiro atoms. The quantitative estimate of drug-likeness (QED) is 0.206. The number of nitrogens with zero attached hydrogens (tertiary/aromatic N) is 3. The van der Waals surface area contributed by atoms with Crippen molar-refractivity contribution in [3.05, 3.63) is 77.3 Å². The topological polar surface area (TPSA) is 44.9 Å². The van der Waals surface area contributed by atoms with Crippen molar-refractivity contribution in [2.45, 2.75) is 19.8 Å². The van der Waals surface area contributed by atoms with Gasteiger partial charge in [-0.25, -0.2) is 4.99 Å². The van der Waals surface area contributed by atoms with E-state index >= 15 is 0 Å². The first kappa shape index (κ1) is 25.6. The molecule has 2 N–H and O–H groups in total. The summed E-state index contributed by atoms with van der Waals surface area (Å²) in [6.45, 7) is 14.1. The van der Waals surface area contributed by atoms with Gasteiger partial charge in [0.25, 0.3) is 0 Å². The van der Waals surface area contributed by atoms with Crippen LogP contribution in [0.15, 0.2) is 61.1 Å². The van der Waals surface area contributed by atoms with Crippen molar-refractivity contribution in [2.24, 2.45) is 4.99 Å². The van der Waals surface area contributed by atoms with Crippen LogP contribution in [0.3, 0.4) is 0 Å². The first-order chi connectivity index (χ1) is 14.3. The lowest BCUT2D eigenvalue weighted by Crippen LogP contribution is -2.19. The molecule has 30 heavy (non-hydrogen) atoms. The molecule has 162 valence electrons. The van der Waals surface area contributed by atoms with Crippen LogP contribution in [-0.4, -0.2) is 43.3 Å². The Kier molecular flexibility index (Phi) is 11.1. The zero-order valence-corrected chi connectivity index (χ0v) is 19.7. The van der Waals surface area contributed by atoms with Crippen molar-refractivity contribution in [3.8, 4) is 0 Å². The number of hydrogen-bond acceptors (Lipinski definition) is 3. The number of aliphatic imine (C=N–C) groups is 1. The molecule has 4 nitrogen and oxygen atoms in total. The van der Waals surface area contributed by atoms with Gasteiger partial charge in [-0.2, -0.15) is 0 Å². The third kappa shape index (κ3) is 7.77. The number of halogens is 2. The lowest BCUT2D eigenvalue weighted by atomic mass is 10.1. The number of likely N-dealkylation sites (N-methyl/N-ethyl adjacent to an activating group) is 1. The summed E-state index contributed by atoms with van der Waals surface area (Å²) in [5.41, 5.74) is 10.4. The van der Waals surface area contributed by atoms with E-state index in [1.165, 1.54) is 0 Å². The maximum absolute atomic E-state index is 6.29. The molecular formula is C24H32Cl2N4. The largest absolute Gasteiger partial charge is 0.399 e. The lowest BCUT2D eigenvalue weighted by Gasteiger charge is -2.23. The van der Waals surface area contributed by atoms with Crippen LogP contribution in [0.5, 0.6) is 0 Å². The molecule has 6 heteroatoms. The zero-order chi connectivity index (χ0) is 22.7. The number of rotatable bonds is 9. The SMILES string of the molecule is C=C.C=C(c1ccc(N)cc1N=CN(C)CCC)N(C)CCc1ccc(Cl)cc1Cl. The molecule has 2 rings (SSSR count). The Hall–Kier alpha value is -2.43. The van der Waals surface area contributed by atoms with Gasteiger partial charge in [0.15, 0.2) is 0 Å². The molecular weight excluding hydrogens is 415 g/mol. The average Bonchev–Trinajstić information content (AvgIpc) is 2.72. The maximum Gasteiger partial charge on any atom is 0.0909 e. The minimum Gasteiger partial charge on any atom is -0.399 e. The predicted molar refractivity (Wildman–Crippen MR) is 135 cm³/mol. The second-order valence-electron chi connectivity index (χ2n) is 6.86. The van der Waals surface area contributed by atoms with E-state index in [-0.39, 0.29) is 0 Å². The summed E-state index contributed by atoms with van der Waals surface area (Å²) in [7, 11) is 4.02. The first-order valence-corrected chi connectivity index (χ1v) is 10.6. The van der Waals surface area contributed by atoms with Gasteiger partial charge in [0.1, 0.15) is 0 Å². The monoisotopic (exact) mass is 446 g/mol. The Balaban J connectivity index is 0.00000218. The standard InChI is InChI=1S/C22H28Cl2N4.C2H4/c1-5-11-27(3)15-26-22-14-19(25)8-9-20(22)16(2)28(4)12-10-17-6-7-18(23)13-21(17)24;1-2/h6-9,13-15H,2,5,10-12,25H2,1,3-4H3;1-2H2. The molecule has 0 fully saturated rings. The summed E-state index contributed by atoms with van der Waals surface area (Å²) in [4.78, 5) is 8.79. The number of nitrogen functional groups attached to an aromatic ring is 1. The number of anilines is 1. The smallest absolute Gasteiger partial charge is 0.0909 e. The Morgan fingerprint density at radius 2 is 1.80 bits per heavy atom. The summed E-state index contributed by atoms with van der Waals surface area (Å²) in [6, 6.07) is 11.3. The summed E-state index contributed by atoms with van der Waals surface area (Å²) in [5.74, 6) is 0. The molecule has 0 heterocycles. The van der Waals surface area contributed by atoms with Gasteiger partial charge in [0, 0.05) is 54.2 Å². The molecule has 0 unspecified atom stereocenters.